The molecule has 0 unspecified atom stereocenters. The van der Waals surface area contributed by atoms with Crippen molar-refractivity contribution in [3.63, 3.8) is 0 Å². The Bertz CT molecular complexity index is 494. The molecule has 2 rings (SSSR count). The summed E-state index contributed by atoms with van der Waals surface area (Å²) in [5.74, 6) is 1.46. The Labute approximate surface area is 103 Å². The number of aryl methyl sites for hydroxylation is 1. The van der Waals surface area contributed by atoms with E-state index in [9.17, 15) is 0 Å². The molecule has 2 N–H and O–H groups in total. The molecule has 0 amide bonds. The Morgan fingerprint density at radius 3 is 2.38 bits per heavy atom. The SMILES string of the molecule is Cc1ccc(Oc2ccc(Br)cc2N)cc1. The molecule has 0 fully saturated rings. The van der Waals surface area contributed by atoms with Crippen molar-refractivity contribution in [3.8, 4) is 11.5 Å². The second-order valence-corrected chi connectivity index (χ2v) is 4.51. The first kappa shape index (κ1) is 11.0. The van der Waals surface area contributed by atoms with Crippen LogP contribution in [0.2, 0.25) is 0 Å². The van der Waals surface area contributed by atoms with E-state index < -0.39 is 0 Å². The molecule has 0 saturated heterocycles. The van der Waals surface area contributed by atoms with Gasteiger partial charge >= 0.3 is 0 Å². The fourth-order valence-electron chi connectivity index (χ4n) is 1.35. The number of nitrogen functional groups attached to an aromatic ring is 1. The minimum atomic E-state index is 0.620. The predicted molar refractivity (Wildman–Crippen MR) is 69.8 cm³/mol. The highest BCUT2D eigenvalue weighted by Gasteiger charge is 2.02. The van der Waals surface area contributed by atoms with E-state index in [4.69, 9.17) is 10.5 Å². The minimum absolute atomic E-state index is 0.620. The van der Waals surface area contributed by atoms with E-state index in [1.54, 1.807) is 0 Å². The van der Waals surface area contributed by atoms with Crippen LogP contribution in [0.15, 0.2) is 46.9 Å². The predicted octanol–water partition coefficient (Wildman–Crippen LogP) is 4.13. The van der Waals surface area contributed by atoms with Crippen molar-refractivity contribution < 1.29 is 4.74 Å². The molecule has 0 aliphatic rings. The Morgan fingerprint density at radius 1 is 1.06 bits per heavy atom. The summed E-state index contributed by atoms with van der Waals surface area (Å²) in [7, 11) is 0. The minimum Gasteiger partial charge on any atom is -0.455 e. The van der Waals surface area contributed by atoms with Crippen LogP contribution in [0.4, 0.5) is 5.69 Å². The van der Waals surface area contributed by atoms with Gasteiger partial charge < -0.3 is 10.5 Å². The summed E-state index contributed by atoms with van der Waals surface area (Å²) in [6.07, 6.45) is 0. The van der Waals surface area contributed by atoms with Crippen LogP contribution in [0, 0.1) is 6.92 Å². The topological polar surface area (TPSA) is 35.2 Å². The normalized spacial score (nSPS) is 10.1. The third kappa shape index (κ3) is 2.55. The molecule has 0 spiro atoms. The van der Waals surface area contributed by atoms with Gasteiger partial charge in [-0.05, 0) is 37.3 Å². The van der Waals surface area contributed by atoms with Crippen LogP contribution >= 0.6 is 15.9 Å². The maximum atomic E-state index is 5.84. The van der Waals surface area contributed by atoms with E-state index in [0.717, 1.165) is 10.2 Å². The van der Waals surface area contributed by atoms with Gasteiger partial charge in [0.25, 0.3) is 0 Å². The standard InChI is InChI=1S/C13H12BrNO/c1-9-2-5-11(6-3-9)16-13-7-4-10(14)8-12(13)15/h2-8H,15H2,1H3. The van der Waals surface area contributed by atoms with Crippen LogP contribution in [-0.2, 0) is 0 Å². The van der Waals surface area contributed by atoms with Crippen LogP contribution < -0.4 is 10.5 Å². The fourth-order valence-corrected chi connectivity index (χ4v) is 1.72. The van der Waals surface area contributed by atoms with E-state index in [0.29, 0.717) is 11.4 Å². The molecule has 0 aliphatic carbocycles. The zero-order chi connectivity index (χ0) is 11.5. The van der Waals surface area contributed by atoms with Gasteiger partial charge in [0.2, 0.25) is 0 Å². The number of nitrogens with two attached hydrogens (primary N) is 1. The monoisotopic (exact) mass is 277 g/mol. The molecule has 16 heavy (non-hydrogen) atoms. The van der Waals surface area contributed by atoms with E-state index in [2.05, 4.69) is 15.9 Å². The molecular weight excluding hydrogens is 266 g/mol. The van der Waals surface area contributed by atoms with Gasteiger partial charge in [-0.3, -0.25) is 0 Å². The van der Waals surface area contributed by atoms with Gasteiger partial charge in [0.1, 0.15) is 11.5 Å². The molecular formula is C13H12BrNO. The maximum absolute atomic E-state index is 5.84. The third-order valence-corrected chi connectivity index (χ3v) is 2.71. The molecule has 0 aliphatic heterocycles. The summed E-state index contributed by atoms with van der Waals surface area (Å²) in [6.45, 7) is 2.04. The molecule has 82 valence electrons. The summed E-state index contributed by atoms with van der Waals surface area (Å²) >= 11 is 3.36. The number of anilines is 1. The molecule has 0 heterocycles. The lowest BCUT2D eigenvalue weighted by Gasteiger charge is -2.08. The van der Waals surface area contributed by atoms with E-state index in [1.807, 2.05) is 49.4 Å². The highest BCUT2D eigenvalue weighted by molar-refractivity contribution is 9.10. The lowest BCUT2D eigenvalue weighted by atomic mass is 10.2. The second kappa shape index (κ2) is 4.58. The Hall–Kier alpha value is -1.48. The third-order valence-electron chi connectivity index (χ3n) is 2.22. The molecule has 3 heteroatoms. The highest BCUT2D eigenvalue weighted by Crippen LogP contribution is 2.29. The fraction of sp³-hybridized carbons (Fsp3) is 0.0769. The Morgan fingerprint density at radius 2 is 1.75 bits per heavy atom. The van der Waals surface area contributed by atoms with Gasteiger partial charge in [0.15, 0.2) is 0 Å². The van der Waals surface area contributed by atoms with Gasteiger partial charge in [0.05, 0.1) is 5.69 Å². The molecule has 0 saturated carbocycles. The van der Waals surface area contributed by atoms with Crippen LogP contribution in [0.1, 0.15) is 5.56 Å². The van der Waals surface area contributed by atoms with Crippen molar-refractivity contribution in [1.29, 1.82) is 0 Å². The van der Waals surface area contributed by atoms with Crippen LogP contribution in [0.5, 0.6) is 11.5 Å². The molecule has 0 aromatic heterocycles. The molecule has 0 radical (unpaired) electrons. The average Bonchev–Trinajstić information content (AvgIpc) is 2.25. The van der Waals surface area contributed by atoms with Crippen LogP contribution in [0.25, 0.3) is 0 Å². The first-order valence-electron chi connectivity index (χ1n) is 4.95. The number of hydrogen-bond donors (Lipinski definition) is 1. The van der Waals surface area contributed by atoms with Crippen molar-refractivity contribution in [1.82, 2.24) is 0 Å². The second-order valence-electron chi connectivity index (χ2n) is 3.60. The largest absolute Gasteiger partial charge is 0.455 e. The molecule has 0 bridgehead atoms. The van der Waals surface area contributed by atoms with E-state index in [-0.39, 0.29) is 0 Å². The van der Waals surface area contributed by atoms with E-state index in [1.165, 1.54) is 5.56 Å². The molecule has 0 atom stereocenters. The van der Waals surface area contributed by atoms with Crippen LogP contribution in [-0.4, -0.2) is 0 Å². The molecule has 2 nitrogen and oxygen atoms in total. The maximum Gasteiger partial charge on any atom is 0.150 e. The number of halogens is 1. The van der Waals surface area contributed by atoms with Crippen molar-refractivity contribution in [2.75, 3.05) is 5.73 Å². The number of benzene rings is 2. The summed E-state index contributed by atoms with van der Waals surface area (Å²) < 4.78 is 6.62. The van der Waals surface area contributed by atoms with Gasteiger partial charge in [-0.2, -0.15) is 0 Å². The lowest BCUT2D eigenvalue weighted by molar-refractivity contribution is 0.485. The first-order valence-corrected chi connectivity index (χ1v) is 5.74. The highest BCUT2D eigenvalue weighted by atomic mass is 79.9. The lowest BCUT2D eigenvalue weighted by Crippen LogP contribution is -1.91. The quantitative estimate of drug-likeness (QED) is 0.838. The van der Waals surface area contributed by atoms with Crippen molar-refractivity contribution in [3.05, 3.63) is 52.5 Å². The summed E-state index contributed by atoms with van der Waals surface area (Å²) in [5, 5.41) is 0. The van der Waals surface area contributed by atoms with Crippen molar-refractivity contribution >= 4 is 21.6 Å². The van der Waals surface area contributed by atoms with Gasteiger partial charge in [0, 0.05) is 4.47 Å². The number of hydrogen-bond acceptors (Lipinski definition) is 2. The van der Waals surface area contributed by atoms with Crippen molar-refractivity contribution in [2.45, 2.75) is 6.92 Å². The smallest absolute Gasteiger partial charge is 0.150 e. The molecule has 2 aromatic rings. The van der Waals surface area contributed by atoms with Crippen LogP contribution in [0.3, 0.4) is 0 Å². The number of rotatable bonds is 2. The van der Waals surface area contributed by atoms with Gasteiger partial charge in [-0.1, -0.05) is 33.6 Å². The van der Waals surface area contributed by atoms with Crippen molar-refractivity contribution in [2.24, 2.45) is 0 Å². The summed E-state index contributed by atoms with van der Waals surface area (Å²) in [4.78, 5) is 0. The number of ether oxygens (including phenoxy) is 1. The average molecular weight is 278 g/mol. The summed E-state index contributed by atoms with van der Waals surface area (Å²) in [6, 6.07) is 13.4. The Balaban J connectivity index is 2.23. The van der Waals surface area contributed by atoms with Gasteiger partial charge in [-0.15, -0.1) is 0 Å². The Kier molecular flexibility index (Phi) is 3.15. The van der Waals surface area contributed by atoms with E-state index >= 15 is 0 Å². The van der Waals surface area contributed by atoms with Gasteiger partial charge in [-0.25, -0.2) is 0 Å². The molecule has 2 aromatic carbocycles. The summed E-state index contributed by atoms with van der Waals surface area (Å²) in [5.41, 5.74) is 7.67. The zero-order valence-corrected chi connectivity index (χ0v) is 10.5. The zero-order valence-electron chi connectivity index (χ0n) is 8.91. The first-order chi connectivity index (χ1) is 7.65.